The summed E-state index contributed by atoms with van der Waals surface area (Å²) in [6, 6.07) is 20.9. The largest absolute Gasteiger partial charge is 0.394 e. The number of pyridine rings is 2. The summed E-state index contributed by atoms with van der Waals surface area (Å²) in [5.74, 6) is 0. The van der Waals surface area contributed by atoms with Crippen molar-refractivity contribution < 1.29 is 5.11 Å². The van der Waals surface area contributed by atoms with E-state index in [1.54, 1.807) is 23.0 Å². The number of rotatable bonds is 5. The van der Waals surface area contributed by atoms with Crippen molar-refractivity contribution in [3.8, 4) is 22.4 Å². The zero-order chi connectivity index (χ0) is 22.9. The van der Waals surface area contributed by atoms with Gasteiger partial charge in [-0.25, -0.2) is 0 Å². The molecule has 7 heteroatoms. The highest BCUT2D eigenvalue weighted by Crippen LogP contribution is 2.30. The van der Waals surface area contributed by atoms with E-state index in [1.165, 1.54) is 0 Å². The molecule has 2 N–H and O–H groups in total. The number of aromatic nitrogens is 4. The van der Waals surface area contributed by atoms with Crippen LogP contribution in [0.25, 0.3) is 33.3 Å². The molecule has 164 valence electrons. The number of nitrogens with one attached hydrogen (secondary N) is 1. The molecule has 6 nitrogen and oxygen atoms in total. The molecule has 0 aliphatic heterocycles. The van der Waals surface area contributed by atoms with E-state index in [-0.39, 0.29) is 12.2 Å². The van der Waals surface area contributed by atoms with E-state index in [1.807, 2.05) is 67.6 Å². The summed E-state index contributed by atoms with van der Waals surface area (Å²) in [4.78, 5) is 17.3. The summed E-state index contributed by atoms with van der Waals surface area (Å²) in [6.07, 6.45) is 3.53. The molecule has 2 aromatic carbocycles. The van der Waals surface area contributed by atoms with Crippen molar-refractivity contribution in [3.05, 3.63) is 104 Å². The van der Waals surface area contributed by atoms with Crippen LogP contribution in [0.1, 0.15) is 17.3 Å². The van der Waals surface area contributed by atoms with Crippen molar-refractivity contribution in [3.63, 3.8) is 0 Å². The lowest BCUT2D eigenvalue weighted by atomic mass is 10.0. The number of fused-ring (bicyclic) bond motifs is 1. The van der Waals surface area contributed by atoms with Crippen LogP contribution in [0, 0.1) is 10.5 Å². The van der Waals surface area contributed by atoms with Crippen molar-refractivity contribution in [2.45, 2.75) is 13.0 Å². The van der Waals surface area contributed by atoms with Crippen molar-refractivity contribution in [1.82, 2.24) is 19.7 Å². The Morgan fingerprint density at radius 3 is 2.64 bits per heavy atom. The van der Waals surface area contributed by atoms with Gasteiger partial charge in [-0.3, -0.25) is 14.9 Å². The van der Waals surface area contributed by atoms with Gasteiger partial charge in [0.2, 0.25) is 0 Å². The second kappa shape index (κ2) is 8.92. The van der Waals surface area contributed by atoms with Crippen LogP contribution < -0.4 is 5.56 Å². The van der Waals surface area contributed by atoms with Gasteiger partial charge in [-0.15, -0.1) is 0 Å². The van der Waals surface area contributed by atoms with Gasteiger partial charge >= 0.3 is 0 Å². The monoisotopic (exact) mass is 548 g/mol. The first kappa shape index (κ1) is 21.5. The Kier molecular flexibility index (Phi) is 5.82. The molecule has 3 aromatic heterocycles. The third-order valence-electron chi connectivity index (χ3n) is 5.76. The molecule has 0 bridgehead atoms. The van der Waals surface area contributed by atoms with Crippen LogP contribution in [0.2, 0.25) is 0 Å². The maximum atomic E-state index is 13.0. The molecule has 0 aliphatic rings. The molecule has 5 rings (SSSR count). The molecule has 0 saturated carbocycles. The van der Waals surface area contributed by atoms with E-state index in [2.05, 4.69) is 37.8 Å². The number of H-pyrrole nitrogens is 1. The number of aromatic amines is 1. The molecular weight excluding hydrogens is 527 g/mol. The van der Waals surface area contributed by atoms with Gasteiger partial charge in [-0.1, -0.05) is 18.2 Å². The first-order chi connectivity index (χ1) is 16.0. The number of aliphatic hydroxyl groups excluding tert-OH is 1. The van der Waals surface area contributed by atoms with Gasteiger partial charge in [0.15, 0.2) is 0 Å². The number of aryl methyl sites for hydroxylation is 1. The van der Waals surface area contributed by atoms with E-state index >= 15 is 0 Å². The maximum absolute atomic E-state index is 13.0. The second-order valence-corrected chi connectivity index (χ2v) is 9.18. The summed E-state index contributed by atoms with van der Waals surface area (Å²) < 4.78 is 2.64. The molecule has 33 heavy (non-hydrogen) atoms. The standard InChI is InChI=1S/C26H21IN4O2/c1-16-11-20(7-9-28-16)26-22-13-17(5-6-23(22)29-30-26)18-8-10-31(25(33)14-18)24(15-32)19-3-2-4-21(27)12-19/h2-14,24,32H,15H2,1H3,(H,29,30). The zero-order valence-electron chi connectivity index (χ0n) is 17.9. The Bertz CT molecular complexity index is 1520. The van der Waals surface area contributed by atoms with E-state index in [0.717, 1.165) is 48.1 Å². The molecule has 0 saturated heterocycles. The minimum absolute atomic E-state index is 0.158. The minimum Gasteiger partial charge on any atom is -0.394 e. The fourth-order valence-electron chi connectivity index (χ4n) is 4.10. The van der Waals surface area contributed by atoms with Crippen LogP contribution >= 0.6 is 22.6 Å². The molecule has 5 aromatic rings. The fourth-order valence-corrected chi connectivity index (χ4v) is 4.67. The predicted octanol–water partition coefficient (Wildman–Crippen LogP) is 4.95. The Labute approximate surface area is 204 Å². The fraction of sp³-hybridized carbons (Fsp3) is 0.115. The van der Waals surface area contributed by atoms with E-state index < -0.39 is 6.04 Å². The molecule has 0 aliphatic carbocycles. The first-order valence-corrected chi connectivity index (χ1v) is 11.6. The number of aliphatic hydroxyl groups is 1. The Hall–Kier alpha value is -3.30. The highest BCUT2D eigenvalue weighted by Gasteiger charge is 2.16. The van der Waals surface area contributed by atoms with Gasteiger partial charge < -0.3 is 9.67 Å². The molecule has 0 spiro atoms. The Morgan fingerprint density at radius 1 is 1.03 bits per heavy atom. The zero-order valence-corrected chi connectivity index (χ0v) is 20.0. The summed E-state index contributed by atoms with van der Waals surface area (Å²) in [5, 5.41) is 18.6. The average molecular weight is 548 g/mol. The van der Waals surface area contributed by atoms with Gasteiger partial charge in [0, 0.05) is 38.7 Å². The van der Waals surface area contributed by atoms with Crippen molar-refractivity contribution in [2.75, 3.05) is 6.61 Å². The Balaban J connectivity index is 1.55. The van der Waals surface area contributed by atoms with Crippen LogP contribution in [0.15, 0.2) is 83.9 Å². The lowest BCUT2D eigenvalue weighted by molar-refractivity contribution is 0.247. The summed E-state index contributed by atoms with van der Waals surface area (Å²) >= 11 is 2.23. The maximum Gasteiger partial charge on any atom is 0.251 e. The second-order valence-electron chi connectivity index (χ2n) is 7.93. The predicted molar refractivity (Wildman–Crippen MR) is 138 cm³/mol. The van der Waals surface area contributed by atoms with Gasteiger partial charge in [0.05, 0.1) is 18.2 Å². The van der Waals surface area contributed by atoms with Gasteiger partial charge in [-0.05, 0) is 88.7 Å². The first-order valence-electron chi connectivity index (χ1n) is 10.5. The van der Waals surface area contributed by atoms with Crippen molar-refractivity contribution in [2.24, 2.45) is 0 Å². The highest BCUT2D eigenvalue weighted by molar-refractivity contribution is 14.1. The number of benzene rings is 2. The van der Waals surface area contributed by atoms with E-state index in [4.69, 9.17) is 0 Å². The molecule has 0 fully saturated rings. The number of hydrogen-bond donors (Lipinski definition) is 2. The van der Waals surface area contributed by atoms with Crippen molar-refractivity contribution >= 4 is 33.5 Å². The summed E-state index contributed by atoms with van der Waals surface area (Å²) in [6.45, 7) is 1.80. The lowest BCUT2D eigenvalue weighted by Crippen LogP contribution is -2.26. The van der Waals surface area contributed by atoms with E-state index in [9.17, 15) is 9.90 Å². The lowest BCUT2D eigenvalue weighted by Gasteiger charge is -2.18. The molecule has 1 atom stereocenters. The van der Waals surface area contributed by atoms with Crippen molar-refractivity contribution in [1.29, 1.82) is 0 Å². The number of hydrogen-bond acceptors (Lipinski definition) is 4. The van der Waals surface area contributed by atoms with Gasteiger partial charge in [0.1, 0.15) is 5.69 Å². The number of halogens is 1. The normalized spacial score (nSPS) is 12.2. The van der Waals surface area contributed by atoms with E-state index in [0.29, 0.717) is 0 Å². The third-order valence-corrected chi connectivity index (χ3v) is 6.43. The molecule has 3 heterocycles. The van der Waals surface area contributed by atoms with Crippen LogP contribution in [-0.2, 0) is 0 Å². The van der Waals surface area contributed by atoms with Gasteiger partial charge in [-0.2, -0.15) is 5.10 Å². The molecule has 1 unspecified atom stereocenters. The topological polar surface area (TPSA) is 83.8 Å². The SMILES string of the molecule is Cc1cc(-c2n[nH]c3ccc(-c4ccn(C(CO)c5cccc(I)c5)c(=O)c4)cc23)ccn1. The van der Waals surface area contributed by atoms with Crippen LogP contribution in [-0.4, -0.2) is 31.5 Å². The smallest absolute Gasteiger partial charge is 0.251 e. The Morgan fingerprint density at radius 2 is 1.88 bits per heavy atom. The highest BCUT2D eigenvalue weighted by atomic mass is 127. The molecule has 0 amide bonds. The van der Waals surface area contributed by atoms with Gasteiger partial charge in [0.25, 0.3) is 5.56 Å². The third kappa shape index (κ3) is 4.21. The quantitative estimate of drug-likeness (QED) is 0.305. The summed E-state index contributed by atoms with van der Waals surface area (Å²) in [5.41, 5.74) is 6.17. The average Bonchev–Trinajstić information content (AvgIpc) is 3.24. The van der Waals surface area contributed by atoms with Crippen LogP contribution in [0.3, 0.4) is 0 Å². The van der Waals surface area contributed by atoms with Crippen LogP contribution in [0.5, 0.6) is 0 Å². The summed E-state index contributed by atoms with van der Waals surface area (Å²) in [7, 11) is 0. The number of nitrogens with zero attached hydrogens (tertiary/aromatic N) is 3. The molecule has 0 radical (unpaired) electrons. The van der Waals surface area contributed by atoms with Crippen LogP contribution in [0.4, 0.5) is 0 Å². The minimum atomic E-state index is -0.431. The molecular formula is C26H21IN4O2.